The van der Waals surface area contributed by atoms with Crippen molar-refractivity contribution in [3.8, 4) is 0 Å². The van der Waals surface area contributed by atoms with Crippen molar-refractivity contribution >= 4 is 16.9 Å². The van der Waals surface area contributed by atoms with Gasteiger partial charge in [0, 0.05) is 29.7 Å². The van der Waals surface area contributed by atoms with Crippen LogP contribution in [0.2, 0.25) is 0 Å². The number of nitrogens with zero attached hydrogens (tertiary/aromatic N) is 1. The number of aliphatic hydroxyl groups excluding tert-OH is 1. The number of aliphatic hydroxyl groups is 1. The second kappa shape index (κ2) is 5.23. The van der Waals surface area contributed by atoms with E-state index in [9.17, 15) is 9.90 Å². The number of aromatic nitrogens is 1. The van der Waals surface area contributed by atoms with Gasteiger partial charge in [-0.3, -0.25) is 4.79 Å². The van der Waals surface area contributed by atoms with Crippen LogP contribution in [0, 0.1) is 0 Å². The van der Waals surface area contributed by atoms with E-state index in [-0.39, 0.29) is 12.4 Å². The molecular formula is C14H17NO3. The van der Waals surface area contributed by atoms with Crippen LogP contribution < -0.4 is 0 Å². The zero-order valence-corrected chi connectivity index (χ0v) is 10.6. The first-order valence-corrected chi connectivity index (χ1v) is 6.01. The van der Waals surface area contributed by atoms with Gasteiger partial charge in [-0.2, -0.15) is 0 Å². The molecule has 0 saturated heterocycles. The predicted octanol–water partition coefficient (Wildman–Crippen LogP) is 2.16. The number of aryl methyl sites for hydroxylation is 1. The maximum Gasteiger partial charge on any atom is 0.308 e. The Hall–Kier alpha value is -1.81. The summed E-state index contributed by atoms with van der Waals surface area (Å²) >= 11 is 0. The molecule has 2 rings (SSSR count). The van der Waals surface area contributed by atoms with Crippen LogP contribution in [0.15, 0.2) is 30.5 Å². The topological polar surface area (TPSA) is 51.5 Å². The second-order valence-electron chi connectivity index (χ2n) is 4.24. The average Bonchev–Trinajstić information content (AvgIpc) is 2.68. The van der Waals surface area contributed by atoms with Crippen molar-refractivity contribution in [2.45, 2.75) is 19.4 Å². The summed E-state index contributed by atoms with van der Waals surface area (Å²) in [6.07, 6.45) is 1.02. The first kappa shape index (κ1) is 12.6. The van der Waals surface area contributed by atoms with Gasteiger partial charge in [0.25, 0.3) is 0 Å². The van der Waals surface area contributed by atoms with Crippen LogP contribution in [0.25, 0.3) is 10.9 Å². The monoisotopic (exact) mass is 247 g/mol. The van der Waals surface area contributed by atoms with E-state index in [2.05, 4.69) is 0 Å². The summed E-state index contributed by atoms with van der Waals surface area (Å²) in [5, 5.41) is 11.1. The van der Waals surface area contributed by atoms with Gasteiger partial charge in [-0.15, -0.1) is 0 Å². The Kier molecular flexibility index (Phi) is 3.67. The number of para-hydroxylation sites is 1. The third kappa shape index (κ3) is 2.38. The van der Waals surface area contributed by atoms with Crippen LogP contribution in [-0.2, 0) is 16.6 Å². The Labute approximate surface area is 106 Å². The number of hydrogen-bond acceptors (Lipinski definition) is 3. The molecule has 4 nitrogen and oxygen atoms in total. The molecule has 0 bridgehead atoms. The molecule has 1 aromatic carbocycles. The molecule has 0 fully saturated rings. The molecule has 0 radical (unpaired) electrons. The summed E-state index contributed by atoms with van der Waals surface area (Å²) in [6.45, 7) is 2.09. The van der Waals surface area contributed by atoms with Crippen LogP contribution in [0.3, 0.4) is 0 Å². The molecule has 0 saturated carbocycles. The van der Waals surface area contributed by atoms with Gasteiger partial charge in [-0.25, -0.2) is 0 Å². The lowest BCUT2D eigenvalue weighted by molar-refractivity contribution is -0.145. The van der Waals surface area contributed by atoms with Crippen molar-refractivity contribution in [1.82, 2.24) is 4.57 Å². The summed E-state index contributed by atoms with van der Waals surface area (Å²) in [5.74, 6) is -0.377. The highest BCUT2D eigenvalue weighted by molar-refractivity contribution is 5.85. The maximum atomic E-state index is 11.4. The van der Waals surface area contributed by atoms with Gasteiger partial charge in [0.05, 0.1) is 19.1 Å². The number of benzene rings is 1. The van der Waals surface area contributed by atoms with Crippen molar-refractivity contribution in [2.24, 2.45) is 7.05 Å². The van der Waals surface area contributed by atoms with E-state index in [4.69, 9.17) is 4.74 Å². The van der Waals surface area contributed by atoms with E-state index < -0.39 is 6.10 Å². The first-order valence-electron chi connectivity index (χ1n) is 6.01. The minimum Gasteiger partial charge on any atom is -0.466 e. The van der Waals surface area contributed by atoms with Crippen molar-refractivity contribution in [2.75, 3.05) is 6.61 Å². The van der Waals surface area contributed by atoms with Crippen LogP contribution >= 0.6 is 0 Å². The van der Waals surface area contributed by atoms with E-state index in [0.29, 0.717) is 6.61 Å². The SMILES string of the molecule is CCOC(=O)CC(O)c1cn(C)c2ccccc12. The van der Waals surface area contributed by atoms with Gasteiger partial charge in [0.1, 0.15) is 0 Å². The third-order valence-electron chi connectivity index (χ3n) is 2.95. The van der Waals surface area contributed by atoms with E-state index in [1.807, 2.05) is 42.1 Å². The summed E-state index contributed by atoms with van der Waals surface area (Å²) < 4.78 is 6.79. The number of carbonyl (C=O) groups is 1. The highest BCUT2D eigenvalue weighted by Crippen LogP contribution is 2.27. The molecule has 1 aromatic heterocycles. The molecule has 96 valence electrons. The smallest absolute Gasteiger partial charge is 0.308 e. The lowest BCUT2D eigenvalue weighted by Crippen LogP contribution is -2.09. The number of hydrogen-bond donors (Lipinski definition) is 1. The highest BCUT2D eigenvalue weighted by atomic mass is 16.5. The maximum absolute atomic E-state index is 11.4. The lowest BCUT2D eigenvalue weighted by atomic mass is 10.1. The molecule has 1 heterocycles. The second-order valence-corrected chi connectivity index (χ2v) is 4.24. The Balaban J connectivity index is 2.28. The molecule has 1 N–H and O–H groups in total. The number of carbonyl (C=O) groups excluding carboxylic acids is 1. The van der Waals surface area contributed by atoms with Gasteiger partial charge in [0.2, 0.25) is 0 Å². The number of esters is 1. The standard InChI is InChI=1S/C14H17NO3/c1-3-18-14(17)8-13(16)11-9-15(2)12-7-5-4-6-10(11)12/h4-7,9,13,16H,3,8H2,1-2H3. The quantitative estimate of drug-likeness (QED) is 0.842. The van der Waals surface area contributed by atoms with Gasteiger partial charge >= 0.3 is 5.97 Å². The first-order chi connectivity index (χ1) is 8.63. The van der Waals surface area contributed by atoms with Gasteiger partial charge in [-0.05, 0) is 13.0 Å². The van der Waals surface area contributed by atoms with Gasteiger partial charge < -0.3 is 14.4 Å². The summed E-state index contributed by atoms with van der Waals surface area (Å²) in [4.78, 5) is 11.4. The Morgan fingerprint density at radius 3 is 2.89 bits per heavy atom. The van der Waals surface area contributed by atoms with Crippen LogP contribution in [-0.4, -0.2) is 22.2 Å². The van der Waals surface area contributed by atoms with Crippen molar-refractivity contribution < 1.29 is 14.6 Å². The Morgan fingerprint density at radius 2 is 2.17 bits per heavy atom. The fraction of sp³-hybridized carbons (Fsp3) is 0.357. The van der Waals surface area contributed by atoms with Gasteiger partial charge in [-0.1, -0.05) is 18.2 Å². The van der Waals surface area contributed by atoms with Crippen molar-refractivity contribution in [3.05, 3.63) is 36.0 Å². The fourth-order valence-corrected chi connectivity index (χ4v) is 2.13. The molecule has 4 heteroatoms. The van der Waals surface area contributed by atoms with Crippen LogP contribution in [0.4, 0.5) is 0 Å². The number of fused-ring (bicyclic) bond motifs is 1. The summed E-state index contributed by atoms with van der Waals surface area (Å²) in [6, 6.07) is 7.79. The number of rotatable bonds is 4. The Bertz CT molecular complexity index is 559. The molecular weight excluding hydrogens is 230 g/mol. The third-order valence-corrected chi connectivity index (χ3v) is 2.95. The lowest BCUT2D eigenvalue weighted by Gasteiger charge is -2.08. The van der Waals surface area contributed by atoms with Crippen molar-refractivity contribution in [1.29, 1.82) is 0 Å². The normalized spacial score (nSPS) is 12.6. The molecule has 0 spiro atoms. The minimum absolute atomic E-state index is 0.0121. The van der Waals surface area contributed by atoms with E-state index in [0.717, 1.165) is 16.5 Å². The molecule has 0 aliphatic heterocycles. The van der Waals surface area contributed by atoms with E-state index in [1.54, 1.807) is 6.92 Å². The molecule has 2 aromatic rings. The van der Waals surface area contributed by atoms with Crippen LogP contribution in [0.1, 0.15) is 25.0 Å². The zero-order valence-electron chi connectivity index (χ0n) is 10.6. The highest BCUT2D eigenvalue weighted by Gasteiger charge is 2.18. The molecule has 1 unspecified atom stereocenters. The molecule has 0 aliphatic rings. The number of ether oxygens (including phenoxy) is 1. The summed E-state index contributed by atoms with van der Waals surface area (Å²) in [5.41, 5.74) is 1.80. The Morgan fingerprint density at radius 1 is 1.44 bits per heavy atom. The van der Waals surface area contributed by atoms with E-state index >= 15 is 0 Å². The van der Waals surface area contributed by atoms with Gasteiger partial charge in [0.15, 0.2) is 0 Å². The average molecular weight is 247 g/mol. The van der Waals surface area contributed by atoms with E-state index in [1.165, 1.54) is 0 Å². The van der Waals surface area contributed by atoms with Crippen molar-refractivity contribution in [3.63, 3.8) is 0 Å². The molecule has 1 atom stereocenters. The predicted molar refractivity (Wildman–Crippen MR) is 69.1 cm³/mol. The minimum atomic E-state index is -0.824. The molecule has 0 aliphatic carbocycles. The largest absolute Gasteiger partial charge is 0.466 e. The fourth-order valence-electron chi connectivity index (χ4n) is 2.13. The van der Waals surface area contributed by atoms with Crippen LogP contribution in [0.5, 0.6) is 0 Å². The molecule has 0 amide bonds. The zero-order chi connectivity index (χ0) is 13.1. The molecule has 18 heavy (non-hydrogen) atoms. The summed E-state index contributed by atoms with van der Waals surface area (Å²) in [7, 11) is 1.92.